The molecule has 0 aliphatic rings. The van der Waals surface area contributed by atoms with Gasteiger partial charge in [-0.15, -0.1) is 0 Å². The average Bonchev–Trinajstić information content (AvgIpc) is 2.91. The normalized spacial score (nSPS) is 10.4. The summed E-state index contributed by atoms with van der Waals surface area (Å²) in [5.41, 5.74) is 1.57. The van der Waals surface area contributed by atoms with Crippen LogP contribution in [-0.2, 0) is 13.5 Å². The predicted octanol–water partition coefficient (Wildman–Crippen LogP) is 2.21. The first-order chi connectivity index (χ1) is 10.2. The van der Waals surface area contributed by atoms with Gasteiger partial charge >= 0.3 is 0 Å². The third-order valence-corrected chi connectivity index (χ3v) is 3.29. The van der Waals surface area contributed by atoms with E-state index in [4.69, 9.17) is 0 Å². The van der Waals surface area contributed by atoms with Crippen LogP contribution in [0.4, 0.5) is 5.69 Å². The van der Waals surface area contributed by atoms with Crippen molar-refractivity contribution in [3.05, 3.63) is 48.0 Å². The molecule has 112 valence electrons. The largest absolute Gasteiger partial charge is 0.384 e. The minimum Gasteiger partial charge on any atom is -0.384 e. The summed E-state index contributed by atoms with van der Waals surface area (Å²) in [6.45, 7) is 3.53. The van der Waals surface area contributed by atoms with Crippen LogP contribution >= 0.6 is 0 Å². The number of hydrogen-bond donors (Lipinski definition) is 2. The molecule has 0 spiro atoms. The molecule has 1 amide bonds. The lowest BCUT2D eigenvalue weighted by molar-refractivity contribution is 0.0954. The second-order valence-electron chi connectivity index (χ2n) is 4.93. The van der Waals surface area contributed by atoms with Crippen LogP contribution in [0.1, 0.15) is 29.5 Å². The molecule has 1 aromatic heterocycles. The number of anilines is 1. The van der Waals surface area contributed by atoms with Crippen LogP contribution in [0, 0.1) is 0 Å². The lowest BCUT2D eigenvalue weighted by atomic mass is 10.1. The fraction of sp³-hybridized carbons (Fsp3) is 0.375. The SMILES string of the molecule is CCCNc1ccccc1C(=O)NCCc1nccn1C. The molecule has 0 atom stereocenters. The van der Waals surface area contributed by atoms with Crippen molar-refractivity contribution in [2.24, 2.45) is 7.05 Å². The van der Waals surface area contributed by atoms with Crippen molar-refractivity contribution in [1.82, 2.24) is 14.9 Å². The van der Waals surface area contributed by atoms with Gasteiger partial charge in [0.1, 0.15) is 5.82 Å². The summed E-state index contributed by atoms with van der Waals surface area (Å²) in [6, 6.07) is 7.59. The van der Waals surface area contributed by atoms with Crippen molar-refractivity contribution in [3.8, 4) is 0 Å². The molecule has 0 saturated carbocycles. The molecule has 21 heavy (non-hydrogen) atoms. The number of imidazole rings is 1. The Morgan fingerprint density at radius 2 is 2.10 bits per heavy atom. The van der Waals surface area contributed by atoms with Gasteiger partial charge in [-0.05, 0) is 18.6 Å². The molecule has 0 aliphatic carbocycles. The number of aromatic nitrogens is 2. The Bertz CT molecular complexity index is 591. The van der Waals surface area contributed by atoms with Crippen LogP contribution < -0.4 is 10.6 Å². The van der Waals surface area contributed by atoms with Crippen LogP contribution in [0.3, 0.4) is 0 Å². The lowest BCUT2D eigenvalue weighted by Crippen LogP contribution is -2.27. The van der Waals surface area contributed by atoms with Gasteiger partial charge in [-0.1, -0.05) is 19.1 Å². The van der Waals surface area contributed by atoms with E-state index in [1.165, 1.54) is 0 Å². The maximum absolute atomic E-state index is 12.3. The van der Waals surface area contributed by atoms with Gasteiger partial charge < -0.3 is 15.2 Å². The molecule has 2 N–H and O–H groups in total. The molecular weight excluding hydrogens is 264 g/mol. The molecule has 0 bridgehead atoms. The maximum atomic E-state index is 12.3. The molecule has 0 saturated heterocycles. The highest BCUT2D eigenvalue weighted by molar-refractivity contribution is 5.99. The van der Waals surface area contributed by atoms with E-state index in [9.17, 15) is 4.79 Å². The highest BCUT2D eigenvalue weighted by Gasteiger charge is 2.10. The molecule has 5 heteroatoms. The third-order valence-electron chi connectivity index (χ3n) is 3.29. The minimum absolute atomic E-state index is 0.0524. The lowest BCUT2D eigenvalue weighted by Gasteiger charge is -2.11. The number of hydrogen-bond acceptors (Lipinski definition) is 3. The van der Waals surface area contributed by atoms with Crippen LogP contribution in [0.5, 0.6) is 0 Å². The fourth-order valence-electron chi connectivity index (χ4n) is 2.12. The number of amides is 1. The second kappa shape index (κ2) is 7.47. The zero-order chi connectivity index (χ0) is 15.1. The van der Waals surface area contributed by atoms with Gasteiger partial charge in [-0.3, -0.25) is 4.79 Å². The number of carbonyl (C=O) groups excluding carboxylic acids is 1. The topological polar surface area (TPSA) is 59.0 Å². The first kappa shape index (κ1) is 15.1. The van der Waals surface area contributed by atoms with Gasteiger partial charge in [0.15, 0.2) is 0 Å². The summed E-state index contributed by atoms with van der Waals surface area (Å²) in [7, 11) is 1.95. The average molecular weight is 286 g/mol. The van der Waals surface area contributed by atoms with E-state index in [0.717, 1.165) is 30.9 Å². The molecule has 1 heterocycles. The zero-order valence-corrected chi connectivity index (χ0v) is 12.6. The van der Waals surface area contributed by atoms with E-state index >= 15 is 0 Å². The molecule has 0 aliphatic heterocycles. The highest BCUT2D eigenvalue weighted by atomic mass is 16.1. The van der Waals surface area contributed by atoms with Crippen molar-refractivity contribution in [3.63, 3.8) is 0 Å². The summed E-state index contributed by atoms with van der Waals surface area (Å²) in [5.74, 6) is 0.913. The minimum atomic E-state index is -0.0524. The fourth-order valence-corrected chi connectivity index (χ4v) is 2.12. The number of benzene rings is 1. The summed E-state index contributed by atoms with van der Waals surface area (Å²) < 4.78 is 1.96. The van der Waals surface area contributed by atoms with Crippen LogP contribution in [0.15, 0.2) is 36.7 Å². The monoisotopic (exact) mass is 286 g/mol. The number of carbonyl (C=O) groups is 1. The number of nitrogens with one attached hydrogen (secondary N) is 2. The Labute approximate surface area is 125 Å². The first-order valence-electron chi connectivity index (χ1n) is 7.29. The molecule has 2 rings (SSSR count). The summed E-state index contributed by atoms with van der Waals surface area (Å²) in [5, 5.41) is 6.23. The highest BCUT2D eigenvalue weighted by Crippen LogP contribution is 2.14. The molecule has 5 nitrogen and oxygen atoms in total. The van der Waals surface area contributed by atoms with Crippen molar-refractivity contribution in [2.45, 2.75) is 19.8 Å². The number of rotatable bonds is 7. The summed E-state index contributed by atoms with van der Waals surface area (Å²) in [4.78, 5) is 16.5. The van der Waals surface area contributed by atoms with E-state index < -0.39 is 0 Å². The molecule has 0 unspecified atom stereocenters. The second-order valence-corrected chi connectivity index (χ2v) is 4.93. The number of aryl methyl sites for hydroxylation is 1. The van der Waals surface area contributed by atoms with E-state index in [0.29, 0.717) is 12.1 Å². The number of para-hydroxylation sites is 1. The Morgan fingerprint density at radius 3 is 2.81 bits per heavy atom. The van der Waals surface area contributed by atoms with E-state index in [1.807, 2.05) is 42.1 Å². The standard InChI is InChI=1S/C16H22N4O/c1-3-9-17-14-7-5-4-6-13(14)16(21)19-10-8-15-18-11-12-20(15)2/h4-7,11-12,17H,3,8-10H2,1-2H3,(H,19,21). The van der Waals surface area contributed by atoms with Gasteiger partial charge in [-0.25, -0.2) is 4.98 Å². The van der Waals surface area contributed by atoms with Gasteiger partial charge in [0.25, 0.3) is 5.91 Å². The van der Waals surface area contributed by atoms with Gasteiger partial charge in [-0.2, -0.15) is 0 Å². The van der Waals surface area contributed by atoms with Gasteiger partial charge in [0.2, 0.25) is 0 Å². The maximum Gasteiger partial charge on any atom is 0.253 e. The number of nitrogens with zero attached hydrogens (tertiary/aromatic N) is 2. The van der Waals surface area contributed by atoms with Gasteiger partial charge in [0, 0.05) is 44.6 Å². The Kier molecular flexibility index (Phi) is 5.37. The first-order valence-corrected chi connectivity index (χ1v) is 7.29. The smallest absolute Gasteiger partial charge is 0.253 e. The van der Waals surface area contributed by atoms with Crippen molar-refractivity contribution < 1.29 is 4.79 Å². The van der Waals surface area contributed by atoms with Crippen molar-refractivity contribution in [2.75, 3.05) is 18.4 Å². The van der Waals surface area contributed by atoms with E-state index in [1.54, 1.807) is 6.20 Å². The predicted molar refractivity (Wildman–Crippen MR) is 84.5 cm³/mol. The Hall–Kier alpha value is -2.30. The summed E-state index contributed by atoms with van der Waals surface area (Å²) >= 11 is 0. The molecule has 0 radical (unpaired) electrons. The zero-order valence-electron chi connectivity index (χ0n) is 12.6. The van der Waals surface area contributed by atoms with Crippen LogP contribution in [-0.4, -0.2) is 28.5 Å². The van der Waals surface area contributed by atoms with E-state index in [-0.39, 0.29) is 5.91 Å². The van der Waals surface area contributed by atoms with Crippen molar-refractivity contribution in [1.29, 1.82) is 0 Å². The van der Waals surface area contributed by atoms with Gasteiger partial charge in [0.05, 0.1) is 5.56 Å². The third kappa shape index (κ3) is 4.08. The Balaban J connectivity index is 1.92. The van der Waals surface area contributed by atoms with E-state index in [2.05, 4.69) is 22.5 Å². The van der Waals surface area contributed by atoms with Crippen LogP contribution in [0.25, 0.3) is 0 Å². The summed E-state index contributed by atoms with van der Waals surface area (Å²) in [6.07, 6.45) is 5.41. The molecule has 2 aromatic rings. The molecule has 0 fully saturated rings. The molecule has 1 aromatic carbocycles. The van der Waals surface area contributed by atoms with Crippen molar-refractivity contribution >= 4 is 11.6 Å². The quantitative estimate of drug-likeness (QED) is 0.820. The Morgan fingerprint density at radius 1 is 1.29 bits per heavy atom. The molecular formula is C16H22N4O. The van der Waals surface area contributed by atoms with Crippen LogP contribution in [0.2, 0.25) is 0 Å².